The van der Waals surface area contributed by atoms with Gasteiger partial charge in [-0.1, -0.05) is 84.9 Å². The zero-order valence-corrected chi connectivity index (χ0v) is 17.6. The van der Waals surface area contributed by atoms with Gasteiger partial charge < -0.3 is 9.80 Å². The number of nitrogens with zero attached hydrogens (tertiary/aromatic N) is 2. The van der Waals surface area contributed by atoms with Crippen LogP contribution in [-0.2, 0) is 0 Å². The number of benzene rings is 4. The number of aryl methyl sites for hydroxylation is 1. The van der Waals surface area contributed by atoms with Crippen molar-refractivity contribution < 1.29 is 0 Å². The van der Waals surface area contributed by atoms with Crippen molar-refractivity contribution in [3.8, 4) is 22.3 Å². The van der Waals surface area contributed by atoms with Crippen molar-refractivity contribution in [2.75, 3.05) is 9.80 Å². The Hall–Kier alpha value is -3.78. The van der Waals surface area contributed by atoms with Crippen LogP contribution in [0.1, 0.15) is 23.6 Å². The van der Waals surface area contributed by atoms with E-state index in [0.29, 0.717) is 0 Å². The minimum Gasteiger partial charge on any atom is -0.317 e. The molecule has 4 aromatic rings. The highest BCUT2D eigenvalue weighted by Gasteiger charge is 2.45. The van der Waals surface area contributed by atoms with Crippen LogP contribution >= 0.6 is 0 Å². The fraction of sp³-hybridized carbons (Fsp3) is 0.103. The van der Waals surface area contributed by atoms with Gasteiger partial charge in [0.25, 0.3) is 0 Å². The topological polar surface area (TPSA) is 6.48 Å². The average molecular weight is 399 g/mol. The number of hydrogen-bond donors (Lipinski definition) is 0. The Kier molecular flexibility index (Phi) is 3.22. The van der Waals surface area contributed by atoms with Crippen molar-refractivity contribution >= 4 is 22.8 Å². The van der Waals surface area contributed by atoms with E-state index in [2.05, 4.69) is 115 Å². The quantitative estimate of drug-likeness (QED) is 0.310. The summed E-state index contributed by atoms with van der Waals surface area (Å²) in [7, 11) is 0. The molecule has 148 valence electrons. The molecular formula is C29H22N2. The summed E-state index contributed by atoms with van der Waals surface area (Å²) in [5.41, 5.74) is 14.5. The van der Waals surface area contributed by atoms with Gasteiger partial charge in [-0.25, -0.2) is 0 Å². The lowest BCUT2D eigenvalue weighted by molar-refractivity contribution is 0.756. The summed E-state index contributed by atoms with van der Waals surface area (Å²) in [6, 6.07) is 33.3. The molecule has 3 aliphatic heterocycles. The van der Waals surface area contributed by atoms with E-state index >= 15 is 0 Å². The third-order valence-electron chi connectivity index (χ3n) is 7.04. The van der Waals surface area contributed by atoms with Crippen LogP contribution in [-0.4, -0.2) is 6.17 Å². The molecular weight excluding hydrogens is 376 g/mol. The lowest BCUT2D eigenvalue weighted by Gasteiger charge is -2.38. The third kappa shape index (κ3) is 2.02. The highest BCUT2D eigenvalue weighted by atomic mass is 15.4. The van der Waals surface area contributed by atoms with E-state index in [-0.39, 0.29) is 6.17 Å². The molecule has 4 aromatic carbocycles. The molecule has 0 saturated heterocycles. The monoisotopic (exact) mass is 398 g/mol. The molecule has 2 heteroatoms. The fourth-order valence-corrected chi connectivity index (χ4v) is 5.81. The first kappa shape index (κ1) is 17.0. The first-order valence-electron chi connectivity index (χ1n) is 11.0. The van der Waals surface area contributed by atoms with Gasteiger partial charge in [0, 0.05) is 22.3 Å². The second-order valence-corrected chi connectivity index (χ2v) is 8.65. The number of hydrogen-bond acceptors (Lipinski definition) is 2. The van der Waals surface area contributed by atoms with Crippen molar-refractivity contribution in [3.63, 3.8) is 0 Å². The summed E-state index contributed by atoms with van der Waals surface area (Å²) in [5, 5.41) is 0. The van der Waals surface area contributed by atoms with Crippen LogP contribution in [0.25, 0.3) is 33.6 Å². The largest absolute Gasteiger partial charge is 0.317 e. The molecule has 7 rings (SSSR count). The molecule has 0 fully saturated rings. The van der Waals surface area contributed by atoms with Gasteiger partial charge in [0.05, 0.1) is 22.8 Å². The molecule has 0 spiro atoms. The van der Waals surface area contributed by atoms with E-state index < -0.39 is 0 Å². The molecule has 2 nitrogen and oxygen atoms in total. The normalized spacial score (nSPS) is 17.4. The van der Waals surface area contributed by atoms with Gasteiger partial charge in [-0.05, 0) is 36.6 Å². The predicted molar refractivity (Wildman–Crippen MR) is 130 cm³/mol. The molecule has 0 aromatic heterocycles. The second-order valence-electron chi connectivity index (χ2n) is 8.65. The first-order valence-corrected chi connectivity index (χ1v) is 11.0. The lowest BCUT2D eigenvalue weighted by atomic mass is 9.86. The highest BCUT2D eigenvalue weighted by molar-refractivity contribution is 6.17. The first-order chi connectivity index (χ1) is 15.3. The minimum absolute atomic E-state index is 0.188. The zero-order chi connectivity index (χ0) is 20.7. The maximum absolute atomic E-state index is 2.57. The number of anilines is 2. The van der Waals surface area contributed by atoms with Gasteiger partial charge in [-0.2, -0.15) is 0 Å². The minimum atomic E-state index is 0.188. The summed E-state index contributed by atoms with van der Waals surface area (Å²) < 4.78 is 0. The standard InChI is InChI=1S/C29H22N2/c1-18-10-9-16-23-21-12-4-6-15-25(21)29-28-24-14-5-3-11-20(24)22-13-7-8-17-26(22)30(28)19(2)31(29)27(18)23/h3-17,19H,1-2H3. The zero-order valence-electron chi connectivity index (χ0n) is 17.6. The maximum atomic E-state index is 2.57. The molecule has 0 aliphatic carbocycles. The fourth-order valence-electron chi connectivity index (χ4n) is 5.81. The maximum Gasteiger partial charge on any atom is 0.108 e. The Morgan fingerprint density at radius 3 is 1.74 bits per heavy atom. The summed E-state index contributed by atoms with van der Waals surface area (Å²) in [4.78, 5) is 5.12. The molecule has 0 amide bonds. The van der Waals surface area contributed by atoms with E-state index in [9.17, 15) is 0 Å². The van der Waals surface area contributed by atoms with Crippen molar-refractivity contribution in [2.45, 2.75) is 20.0 Å². The molecule has 3 heterocycles. The molecule has 1 atom stereocenters. The second kappa shape index (κ2) is 5.89. The summed E-state index contributed by atoms with van der Waals surface area (Å²) in [6.07, 6.45) is 0.188. The lowest BCUT2D eigenvalue weighted by Crippen LogP contribution is -2.40. The van der Waals surface area contributed by atoms with Gasteiger partial charge in [-0.15, -0.1) is 0 Å². The van der Waals surface area contributed by atoms with Gasteiger partial charge in [0.2, 0.25) is 0 Å². The Morgan fingerprint density at radius 2 is 1.03 bits per heavy atom. The van der Waals surface area contributed by atoms with Gasteiger partial charge >= 0.3 is 0 Å². The number of fused-ring (bicyclic) bond motifs is 12. The van der Waals surface area contributed by atoms with Crippen LogP contribution in [0.2, 0.25) is 0 Å². The summed E-state index contributed by atoms with van der Waals surface area (Å²) in [6.45, 7) is 4.57. The Balaban J connectivity index is 1.66. The molecule has 31 heavy (non-hydrogen) atoms. The average Bonchev–Trinajstić information content (AvgIpc) is 3.13. The van der Waals surface area contributed by atoms with Gasteiger partial charge in [0.15, 0.2) is 0 Å². The van der Waals surface area contributed by atoms with Crippen LogP contribution in [0.5, 0.6) is 0 Å². The Bertz CT molecular complexity index is 1430. The third-order valence-corrected chi connectivity index (χ3v) is 7.04. The Morgan fingerprint density at radius 1 is 0.516 bits per heavy atom. The van der Waals surface area contributed by atoms with E-state index in [1.807, 2.05) is 0 Å². The van der Waals surface area contributed by atoms with Crippen LogP contribution in [0.4, 0.5) is 11.4 Å². The van der Waals surface area contributed by atoms with Crippen molar-refractivity contribution in [3.05, 3.63) is 108 Å². The molecule has 0 saturated carbocycles. The number of rotatable bonds is 0. The van der Waals surface area contributed by atoms with E-state index in [4.69, 9.17) is 0 Å². The molecule has 1 unspecified atom stereocenters. The van der Waals surface area contributed by atoms with E-state index in [1.165, 1.54) is 61.7 Å². The van der Waals surface area contributed by atoms with E-state index in [1.54, 1.807) is 0 Å². The predicted octanol–water partition coefficient (Wildman–Crippen LogP) is 7.15. The van der Waals surface area contributed by atoms with Crippen molar-refractivity contribution in [2.24, 2.45) is 0 Å². The van der Waals surface area contributed by atoms with Gasteiger partial charge in [0.1, 0.15) is 6.17 Å². The van der Waals surface area contributed by atoms with Crippen LogP contribution in [0.15, 0.2) is 91.0 Å². The van der Waals surface area contributed by atoms with Crippen LogP contribution < -0.4 is 9.80 Å². The van der Waals surface area contributed by atoms with Crippen molar-refractivity contribution in [1.82, 2.24) is 0 Å². The highest BCUT2D eigenvalue weighted by Crippen LogP contribution is 2.57. The van der Waals surface area contributed by atoms with Crippen LogP contribution in [0, 0.1) is 6.92 Å². The van der Waals surface area contributed by atoms with Crippen LogP contribution in [0.3, 0.4) is 0 Å². The Labute approximate surface area is 182 Å². The molecule has 0 bridgehead atoms. The molecule has 3 aliphatic rings. The molecule has 0 radical (unpaired) electrons. The number of para-hydroxylation sites is 2. The van der Waals surface area contributed by atoms with Crippen molar-refractivity contribution in [1.29, 1.82) is 0 Å². The molecule has 0 N–H and O–H groups in total. The van der Waals surface area contributed by atoms with E-state index in [0.717, 1.165) is 0 Å². The smallest absolute Gasteiger partial charge is 0.108 e. The SMILES string of the molecule is Cc1cccc2c1N1C(=C3c4ccccc4-c4ccccc4N3C1C)c1ccccc1-2. The van der Waals surface area contributed by atoms with Gasteiger partial charge in [-0.3, -0.25) is 0 Å². The summed E-state index contributed by atoms with van der Waals surface area (Å²) in [5.74, 6) is 0. The summed E-state index contributed by atoms with van der Waals surface area (Å²) >= 11 is 0.